The van der Waals surface area contributed by atoms with Crippen LogP contribution in [0.4, 0.5) is 0 Å². The number of hydrogen-bond donors (Lipinski definition) is 0. The van der Waals surface area contributed by atoms with Gasteiger partial charge in [-0.1, -0.05) is 0 Å². The standard InChI is InChI=1S/C16H20O7/c1-10(16(18)22-5)23-15-12(19-2)8-11(9-13(15)20-3)6-7-14(17)21-4/h6-10H,1-5H3/b7-6+. The molecule has 1 aromatic carbocycles. The van der Waals surface area contributed by atoms with E-state index in [-0.39, 0.29) is 5.75 Å². The first-order valence-corrected chi connectivity index (χ1v) is 6.73. The highest BCUT2D eigenvalue weighted by molar-refractivity contribution is 5.87. The molecule has 0 aliphatic rings. The van der Waals surface area contributed by atoms with Crippen LogP contribution in [-0.4, -0.2) is 46.5 Å². The van der Waals surface area contributed by atoms with E-state index >= 15 is 0 Å². The molecule has 0 aliphatic heterocycles. The second-order valence-corrected chi connectivity index (χ2v) is 4.39. The Labute approximate surface area is 134 Å². The van der Waals surface area contributed by atoms with E-state index in [1.165, 1.54) is 34.5 Å². The Balaban J connectivity index is 3.18. The molecule has 0 radical (unpaired) electrons. The highest BCUT2D eigenvalue weighted by Gasteiger charge is 2.21. The van der Waals surface area contributed by atoms with Gasteiger partial charge in [0, 0.05) is 6.08 Å². The highest BCUT2D eigenvalue weighted by atomic mass is 16.6. The molecule has 0 N–H and O–H groups in total. The first-order valence-electron chi connectivity index (χ1n) is 6.73. The van der Waals surface area contributed by atoms with Gasteiger partial charge < -0.3 is 23.7 Å². The maximum absolute atomic E-state index is 11.5. The number of esters is 2. The summed E-state index contributed by atoms with van der Waals surface area (Å²) in [4.78, 5) is 22.7. The van der Waals surface area contributed by atoms with Gasteiger partial charge in [-0.05, 0) is 30.7 Å². The van der Waals surface area contributed by atoms with E-state index in [0.717, 1.165) is 0 Å². The molecule has 0 aliphatic carbocycles. The van der Waals surface area contributed by atoms with Crippen LogP contribution >= 0.6 is 0 Å². The molecule has 1 atom stereocenters. The van der Waals surface area contributed by atoms with Crippen molar-refractivity contribution in [1.82, 2.24) is 0 Å². The molecule has 0 spiro atoms. The molecule has 0 amide bonds. The zero-order valence-corrected chi connectivity index (χ0v) is 13.7. The van der Waals surface area contributed by atoms with Crippen LogP contribution < -0.4 is 14.2 Å². The predicted molar refractivity (Wildman–Crippen MR) is 82.7 cm³/mol. The average molecular weight is 324 g/mol. The molecule has 1 rings (SSSR count). The SMILES string of the molecule is COC(=O)/C=C/c1cc(OC)c(OC(C)C(=O)OC)c(OC)c1. The molecule has 0 heterocycles. The van der Waals surface area contributed by atoms with Gasteiger partial charge in [-0.25, -0.2) is 9.59 Å². The van der Waals surface area contributed by atoms with Crippen LogP contribution in [-0.2, 0) is 19.1 Å². The van der Waals surface area contributed by atoms with E-state index < -0.39 is 18.0 Å². The molecule has 7 nitrogen and oxygen atoms in total. The van der Waals surface area contributed by atoms with Crippen LogP contribution in [0, 0.1) is 0 Å². The van der Waals surface area contributed by atoms with E-state index in [1.54, 1.807) is 25.1 Å². The van der Waals surface area contributed by atoms with Crippen LogP contribution in [0.5, 0.6) is 17.2 Å². The van der Waals surface area contributed by atoms with Crippen molar-refractivity contribution in [1.29, 1.82) is 0 Å². The monoisotopic (exact) mass is 324 g/mol. The largest absolute Gasteiger partial charge is 0.493 e. The first-order chi connectivity index (χ1) is 11.0. The Hall–Kier alpha value is -2.70. The summed E-state index contributed by atoms with van der Waals surface area (Å²) in [5.41, 5.74) is 0.641. The number of ether oxygens (including phenoxy) is 5. The minimum absolute atomic E-state index is 0.267. The number of hydrogen-bond acceptors (Lipinski definition) is 7. The third-order valence-corrected chi connectivity index (χ3v) is 2.92. The number of rotatable bonds is 7. The zero-order valence-electron chi connectivity index (χ0n) is 13.7. The summed E-state index contributed by atoms with van der Waals surface area (Å²) in [7, 11) is 5.48. The summed E-state index contributed by atoms with van der Waals surface area (Å²) in [6, 6.07) is 3.28. The summed E-state index contributed by atoms with van der Waals surface area (Å²) < 4.78 is 25.3. The second-order valence-electron chi connectivity index (χ2n) is 4.39. The van der Waals surface area contributed by atoms with Gasteiger partial charge in [0.05, 0.1) is 28.4 Å². The average Bonchev–Trinajstić information content (AvgIpc) is 2.58. The first kappa shape index (κ1) is 18.3. The lowest BCUT2D eigenvalue weighted by Crippen LogP contribution is -2.25. The quantitative estimate of drug-likeness (QED) is 0.559. The lowest BCUT2D eigenvalue weighted by molar-refractivity contribution is -0.148. The van der Waals surface area contributed by atoms with Gasteiger partial charge in [0.15, 0.2) is 17.6 Å². The third-order valence-electron chi connectivity index (χ3n) is 2.92. The Morgan fingerprint density at radius 3 is 2.00 bits per heavy atom. The smallest absolute Gasteiger partial charge is 0.346 e. The molecule has 0 bridgehead atoms. The van der Waals surface area contributed by atoms with Crippen molar-refractivity contribution in [2.45, 2.75) is 13.0 Å². The van der Waals surface area contributed by atoms with Crippen LogP contribution in [0.3, 0.4) is 0 Å². The van der Waals surface area contributed by atoms with E-state index in [9.17, 15) is 9.59 Å². The third kappa shape index (κ3) is 4.91. The van der Waals surface area contributed by atoms with Crippen molar-refractivity contribution in [3.8, 4) is 17.2 Å². The van der Waals surface area contributed by atoms with Gasteiger partial charge in [0.2, 0.25) is 5.75 Å². The van der Waals surface area contributed by atoms with Crippen LogP contribution in [0.25, 0.3) is 6.08 Å². The van der Waals surface area contributed by atoms with Gasteiger partial charge in [-0.15, -0.1) is 0 Å². The van der Waals surface area contributed by atoms with E-state index in [4.69, 9.17) is 14.2 Å². The Morgan fingerprint density at radius 1 is 1.00 bits per heavy atom. The van der Waals surface area contributed by atoms with Gasteiger partial charge in [0.1, 0.15) is 0 Å². The normalized spacial score (nSPS) is 11.7. The van der Waals surface area contributed by atoms with Crippen molar-refractivity contribution in [2.24, 2.45) is 0 Å². The number of methoxy groups -OCH3 is 4. The van der Waals surface area contributed by atoms with Crippen molar-refractivity contribution < 1.29 is 33.3 Å². The minimum Gasteiger partial charge on any atom is -0.493 e. The lowest BCUT2D eigenvalue weighted by atomic mass is 10.1. The molecule has 0 saturated carbocycles. The fraction of sp³-hybridized carbons (Fsp3) is 0.375. The predicted octanol–water partition coefficient (Wildman–Crippen LogP) is 1.83. The van der Waals surface area contributed by atoms with Crippen molar-refractivity contribution in [3.05, 3.63) is 23.8 Å². The summed E-state index contributed by atoms with van der Waals surface area (Å²) >= 11 is 0. The molecule has 0 aromatic heterocycles. The minimum atomic E-state index is -0.834. The number of benzene rings is 1. The van der Waals surface area contributed by atoms with Crippen LogP contribution in [0.2, 0.25) is 0 Å². The fourth-order valence-electron chi connectivity index (χ4n) is 1.74. The summed E-state index contributed by atoms with van der Waals surface area (Å²) in [5.74, 6) is -0.0382. The molecule has 23 heavy (non-hydrogen) atoms. The highest BCUT2D eigenvalue weighted by Crippen LogP contribution is 2.39. The molecule has 1 unspecified atom stereocenters. The van der Waals surface area contributed by atoms with E-state index in [1.807, 2.05) is 0 Å². The molecule has 1 aromatic rings. The maximum Gasteiger partial charge on any atom is 0.346 e. The summed E-state index contributed by atoms with van der Waals surface area (Å²) in [5, 5.41) is 0. The fourth-order valence-corrected chi connectivity index (χ4v) is 1.74. The molecule has 126 valence electrons. The summed E-state index contributed by atoms with van der Waals surface area (Å²) in [6.07, 6.45) is 1.98. The Morgan fingerprint density at radius 2 is 1.57 bits per heavy atom. The molecule has 7 heteroatoms. The van der Waals surface area contributed by atoms with Crippen molar-refractivity contribution in [2.75, 3.05) is 28.4 Å². The number of carbonyl (C=O) groups excluding carboxylic acids is 2. The van der Waals surface area contributed by atoms with Gasteiger partial charge in [-0.2, -0.15) is 0 Å². The molecule has 0 fully saturated rings. The maximum atomic E-state index is 11.5. The summed E-state index contributed by atoms with van der Waals surface area (Å²) in [6.45, 7) is 1.55. The Bertz CT molecular complexity index is 567. The van der Waals surface area contributed by atoms with Crippen molar-refractivity contribution in [3.63, 3.8) is 0 Å². The molecule has 0 saturated heterocycles. The van der Waals surface area contributed by atoms with E-state index in [2.05, 4.69) is 9.47 Å². The topological polar surface area (TPSA) is 80.3 Å². The van der Waals surface area contributed by atoms with Crippen molar-refractivity contribution >= 4 is 18.0 Å². The molecular weight excluding hydrogens is 304 g/mol. The van der Waals surface area contributed by atoms with Crippen LogP contribution in [0.1, 0.15) is 12.5 Å². The Kier molecular flexibility index (Phi) is 6.92. The zero-order chi connectivity index (χ0) is 17.4. The van der Waals surface area contributed by atoms with Gasteiger partial charge >= 0.3 is 11.9 Å². The van der Waals surface area contributed by atoms with Gasteiger partial charge in [-0.3, -0.25) is 0 Å². The number of carbonyl (C=O) groups is 2. The molecular formula is C16H20O7. The lowest BCUT2D eigenvalue weighted by Gasteiger charge is -2.18. The second kappa shape index (κ2) is 8.67. The van der Waals surface area contributed by atoms with Gasteiger partial charge in [0.25, 0.3) is 0 Å². The van der Waals surface area contributed by atoms with Crippen LogP contribution in [0.15, 0.2) is 18.2 Å². The van der Waals surface area contributed by atoms with E-state index in [0.29, 0.717) is 17.1 Å².